The molecule has 0 amide bonds. The molecule has 0 N–H and O–H groups in total. The minimum absolute atomic E-state index is 0.0721. The van der Waals surface area contributed by atoms with Gasteiger partial charge in [-0.15, -0.1) is 0 Å². The van der Waals surface area contributed by atoms with Crippen molar-refractivity contribution in [3.05, 3.63) is 24.3 Å². The first-order valence-electron chi connectivity index (χ1n) is 28.3. The van der Waals surface area contributed by atoms with E-state index >= 15 is 0 Å². The largest absolute Gasteiger partial charge is 0.462 e. The third-order valence-corrected chi connectivity index (χ3v) is 12.7. The van der Waals surface area contributed by atoms with E-state index < -0.39 is 6.10 Å². The zero-order valence-electron chi connectivity index (χ0n) is 43.1. The Morgan fingerprint density at radius 2 is 0.562 bits per heavy atom. The lowest BCUT2D eigenvalue weighted by molar-refractivity contribution is -0.167. The van der Waals surface area contributed by atoms with Crippen molar-refractivity contribution in [2.75, 3.05) is 13.2 Å². The fourth-order valence-electron chi connectivity index (χ4n) is 8.42. The van der Waals surface area contributed by atoms with Gasteiger partial charge in [0.05, 0.1) is 0 Å². The Labute approximate surface area is 398 Å². The van der Waals surface area contributed by atoms with E-state index in [1.807, 2.05) is 0 Å². The van der Waals surface area contributed by atoms with Crippen LogP contribution in [0.1, 0.15) is 310 Å². The number of unbranched alkanes of at least 4 members (excludes halogenated alkanes) is 37. The van der Waals surface area contributed by atoms with Crippen molar-refractivity contribution < 1.29 is 28.6 Å². The highest BCUT2D eigenvalue weighted by Crippen LogP contribution is 2.17. The molecule has 0 aromatic carbocycles. The number of carbonyl (C=O) groups excluding carboxylic acids is 3. The van der Waals surface area contributed by atoms with E-state index in [2.05, 4.69) is 45.1 Å². The van der Waals surface area contributed by atoms with Crippen molar-refractivity contribution in [1.29, 1.82) is 0 Å². The molecule has 0 heterocycles. The second kappa shape index (κ2) is 53.5. The van der Waals surface area contributed by atoms with Gasteiger partial charge in [0.1, 0.15) is 13.2 Å². The molecule has 0 fully saturated rings. The first kappa shape index (κ1) is 61.9. The first-order valence-corrected chi connectivity index (χ1v) is 28.3. The van der Waals surface area contributed by atoms with E-state index in [0.29, 0.717) is 19.3 Å². The van der Waals surface area contributed by atoms with Crippen LogP contribution in [-0.4, -0.2) is 37.2 Å². The number of esters is 3. The van der Waals surface area contributed by atoms with E-state index in [9.17, 15) is 14.4 Å². The SMILES string of the molecule is CCCCC/C=C\C/C=C\CCCCCCCC(=O)OC(COC(=O)CCCCCCCCCCC)COC(=O)CCCCCCCCCCCCCCCCCCCCCCCC. The summed E-state index contributed by atoms with van der Waals surface area (Å²) in [5, 5.41) is 0. The van der Waals surface area contributed by atoms with Gasteiger partial charge in [0.15, 0.2) is 6.10 Å². The predicted octanol–water partition coefficient (Wildman–Crippen LogP) is 18.7. The lowest BCUT2D eigenvalue weighted by atomic mass is 10.0. The average Bonchev–Trinajstić information content (AvgIpc) is 3.29. The van der Waals surface area contributed by atoms with E-state index in [1.54, 1.807) is 0 Å². The molecule has 0 radical (unpaired) electrons. The minimum Gasteiger partial charge on any atom is -0.462 e. The van der Waals surface area contributed by atoms with Gasteiger partial charge < -0.3 is 14.2 Å². The molecule has 0 saturated heterocycles. The van der Waals surface area contributed by atoms with Gasteiger partial charge in [0.2, 0.25) is 0 Å². The zero-order valence-corrected chi connectivity index (χ0v) is 43.1. The summed E-state index contributed by atoms with van der Waals surface area (Å²) in [6.45, 7) is 6.62. The van der Waals surface area contributed by atoms with E-state index in [1.165, 1.54) is 193 Å². The molecule has 376 valence electrons. The maximum Gasteiger partial charge on any atom is 0.306 e. The molecule has 0 saturated carbocycles. The summed E-state index contributed by atoms with van der Waals surface area (Å²) in [6, 6.07) is 0. The maximum atomic E-state index is 12.8. The third-order valence-electron chi connectivity index (χ3n) is 12.7. The molecule has 1 unspecified atom stereocenters. The van der Waals surface area contributed by atoms with Gasteiger partial charge in [-0.25, -0.2) is 0 Å². The fourth-order valence-corrected chi connectivity index (χ4v) is 8.42. The highest BCUT2D eigenvalue weighted by Gasteiger charge is 2.19. The number of ether oxygens (including phenoxy) is 3. The molecule has 64 heavy (non-hydrogen) atoms. The van der Waals surface area contributed by atoms with E-state index in [4.69, 9.17) is 14.2 Å². The van der Waals surface area contributed by atoms with Crippen LogP contribution in [0.2, 0.25) is 0 Å². The molecule has 6 nitrogen and oxygen atoms in total. The summed E-state index contributed by atoms with van der Waals surface area (Å²) >= 11 is 0. The summed E-state index contributed by atoms with van der Waals surface area (Å²) in [6.07, 6.45) is 61.8. The molecule has 1 atom stereocenters. The van der Waals surface area contributed by atoms with Gasteiger partial charge in [0, 0.05) is 19.3 Å². The highest BCUT2D eigenvalue weighted by molar-refractivity contribution is 5.71. The van der Waals surface area contributed by atoms with Gasteiger partial charge in [-0.3, -0.25) is 14.4 Å². The van der Waals surface area contributed by atoms with Crippen LogP contribution in [0.3, 0.4) is 0 Å². The third kappa shape index (κ3) is 50.9. The number of allylic oxidation sites excluding steroid dienone is 4. The van der Waals surface area contributed by atoms with Crippen LogP contribution < -0.4 is 0 Å². The maximum absolute atomic E-state index is 12.8. The first-order chi connectivity index (χ1) is 31.5. The van der Waals surface area contributed by atoms with Crippen LogP contribution in [0.5, 0.6) is 0 Å². The van der Waals surface area contributed by atoms with Crippen molar-refractivity contribution in [1.82, 2.24) is 0 Å². The summed E-state index contributed by atoms with van der Waals surface area (Å²) in [4.78, 5) is 38.0. The summed E-state index contributed by atoms with van der Waals surface area (Å²) in [5.74, 6) is -0.871. The van der Waals surface area contributed by atoms with Crippen molar-refractivity contribution in [2.24, 2.45) is 0 Å². The monoisotopic (exact) mass is 901 g/mol. The summed E-state index contributed by atoms with van der Waals surface area (Å²) in [5.41, 5.74) is 0. The van der Waals surface area contributed by atoms with Gasteiger partial charge >= 0.3 is 17.9 Å². The van der Waals surface area contributed by atoms with Crippen LogP contribution in [0.15, 0.2) is 24.3 Å². The van der Waals surface area contributed by atoms with Gasteiger partial charge in [0.25, 0.3) is 0 Å². The normalized spacial score (nSPS) is 12.1. The Hall–Kier alpha value is -2.11. The molecule has 0 rings (SSSR count). The fraction of sp³-hybridized carbons (Fsp3) is 0.879. The summed E-state index contributed by atoms with van der Waals surface area (Å²) < 4.78 is 16.8. The molecular weight excluding hydrogens is 793 g/mol. The quantitative estimate of drug-likeness (QED) is 0.0262. The number of hydrogen-bond donors (Lipinski definition) is 0. The molecule has 0 bridgehead atoms. The van der Waals surface area contributed by atoms with Crippen LogP contribution in [-0.2, 0) is 28.6 Å². The molecule has 0 aliphatic carbocycles. The van der Waals surface area contributed by atoms with Crippen LogP contribution in [0.25, 0.3) is 0 Å². The Balaban J connectivity index is 4.20. The molecule has 0 aromatic heterocycles. The van der Waals surface area contributed by atoms with Gasteiger partial charge in [-0.05, 0) is 51.4 Å². The van der Waals surface area contributed by atoms with Crippen molar-refractivity contribution in [2.45, 2.75) is 316 Å². The molecule has 6 heteroatoms. The van der Waals surface area contributed by atoms with Gasteiger partial charge in [-0.2, -0.15) is 0 Å². The van der Waals surface area contributed by atoms with Crippen LogP contribution in [0, 0.1) is 0 Å². The topological polar surface area (TPSA) is 78.9 Å². The molecule has 0 spiro atoms. The average molecular weight is 901 g/mol. The lowest BCUT2D eigenvalue weighted by Gasteiger charge is -2.18. The number of carbonyl (C=O) groups is 3. The standard InChI is InChI=1S/C58H108O6/c1-4-7-10-13-16-19-21-23-25-26-27-28-29-30-31-33-34-36-39-42-45-48-51-57(60)63-54-55(53-62-56(59)50-47-44-41-38-18-15-12-9-6-3)64-58(61)52-49-46-43-40-37-35-32-24-22-20-17-14-11-8-5-2/h17,20,24,32,55H,4-16,18-19,21-23,25-31,33-54H2,1-3H3/b20-17-,32-24-. The summed E-state index contributed by atoms with van der Waals surface area (Å²) in [7, 11) is 0. The number of hydrogen-bond acceptors (Lipinski definition) is 6. The molecule has 0 aliphatic heterocycles. The zero-order chi connectivity index (χ0) is 46.5. The Morgan fingerprint density at radius 3 is 0.891 bits per heavy atom. The van der Waals surface area contributed by atoms with Crippen LogP contribution in [0.4, 0.5) is 0 Å². The van der Waals surface area contributed by atoms with Crippen molar-refractivity contribution >= 4 is 17.9 Å². The molecule has 0 aromatic rings. The van der Waals surface area contributed by atoms with Crippen LogP contribution >= 0.6 is 0 Å². The Bertz CT molecular complexity index is 1040. The Kier molecular flexibility index (Phi) is 51.7. The second-order valence-corrected chi connectivity index (χ2v) is 19.2. The molecular formula is C58H108O6. The van der Waals surface area contributed by atoms with Crippen molar-refractivity contribution in [3.63, 3.8) is 0 Å². The molecule has 0 aliphatic rings. The predicted molar refractivity (Wildman–Crippen MR) is 275 cm³/mol. The highest BCUT2D eigenvalue weighted by atomic mass is 16.6. The van der Waals surface area contributed by atoms with E-state index in [-0.39, 0.29) is 31.1 Å². The number of rotatable bonds is 52. The Morgan fingerprint density at radius 1 is 0.312 bits per heavy atom. The van der Waals surface area contributed by atoms with Crippen molar-refractivity contribution in [3.8, 4) is 0 Å². The second-order valence-electron chi connectivity index (χ2n) is 19.2. The minimum atomic E-state index is -0.772. The smallest absolute Gasteiger partial charge is 0.306 e. The lowest BCUT2D eigenvalue weighted by Crippen LogP contribution is -2.30. The van der Waals surface area contributed by atoms with Gasteiger partial charge in [-0.1, -0.05) is 263 Å². The van der Waals surface area contributed by atoms with E-state index in [0.717, 1.165) is 77.0 Å².